The van der Waals surface area contributed by atoms with Gasteiger partial charge >= 0.3 is 0 Å². The van der Waals surface area contributed by atoms with Gasteiger partial charge in [0, 0.05) is 31.7 Å². The number of hydrogen-bond donors (Lipinski definition) is 2. The highest BCUT2D eigenvalue weighted by Gasteiger charge is 2.28. The fourth-order valence-corrected chi connectivity index (χ4v) is 4.11. The van der Waals surface area contributed by atoms with Crippen LogP contribution in [-0.2, 0) is 11.3 Å². The molecule has 2 atom stereocenters. The van der Waals surface area contributed by atoms with Crippen molar-refractivity contribution in [3.8, 4) is 5.88 Å². The van der Waals surface area contributed by atoms with E-state index in [4.69, 9.17) is 4.74 Å². The van der Waals surface area contributed by atoms with E-state index in [1.165, 1.54) is 13.2 Å². The highest BCUT2D eigenvalue weighted by Crippen LogP contribution is 2.18. The molecular formula is C20H25FN4O3S. The molecular weight excluding hydrogens is 395 g/mol. The minimum atomic E-state index is -0.698. The van der Waals surface area contributed by atoms with Crippen molar-refractivity contribution in [1.29, 1.82) is 0 Å². The second kappa shape index (κ2) is 9.80. The Balaban J connectivity index is 1.57. The standard InChI is InChI=1S/C20H25FN4O3S/c1-25-10-14(19(26)23-8-13-5-6-29-12-13)3-4-15(11-25)24-20(27)16-7-18(28-2)22-9-17(16)21/h5-7,9,12,14-15H,3-4,8,10-11H2,1-2H3,(H,23,26)(H,24,27)/t14-,15+/m1/s1. The van der Waals surface area contributed by atoms with Crippen molar-refractivity contribution in [2.75, 3.05) is 27.2 Å². The third-order valence-corrected chi connectivity index (χ3v) is 5.70. The van der Waals surface area contributed by atoms with Gasteiger partial charge in [-0.2, -0.15) is 11.3 Å². The van der Waals surface area contributed by atoms with Crippen molar-refractivity contribution in [2.24, 2.45) is 5.92 Å². The molecule has 3 rings (SSSR count). The number of nitrogens with one attached hydrogen (secondary N) is 2. The molecule has 29 heavy (non-hydrogen) atoms. The summed E-state index contributed by atoms with van der Waals surface area (Å²) in [7, 11) is 3.32. The Morgan fingerprint density at radius 3 is 2.93 bits per heavy atom. The average molecular weight is 421 g/mol. The van der Waals surface area contributed by atoms with Crippen LogP contribution in [0.1, 0.15) is 28.8 Å². The Hall–Kier alpha value is -2.52. The normalized spacial score (nSPS) is 20.0. The van der Waals surface area contributed by atoms with E-state index in [0.717, 1.165) is 11.8 Å². The number of methoxy groups -OCH3 is 1. The van der Waals surface area contributed by atoms with E-state index in [-0.39, 0.29) is 29.3 Å². The van der Waals surface area contributed by atoms with Gasteiger partial charge in [-0.25, -0.2) is 9.37 Å². The fourth-order valence-electron chi connectivity index (χ4n) is 3.44. The first-order valence-electron chi connectivity index (χ1n) is 9.44. The van der Waals surface area contributed by atoms with Crippen LogP contribution in [0.5, 0.6) is 5.88 Å². The Bertz CT molecular complexity index is 846. The molecule has 2 aromatic rings. The van der Waals surface area contributed by atoms with E-state index < -0.39 is 11.7 Å². The molecule has 0 radical (unpaired) electrons. The van der Waals surface area contributed by atoms with Crippen LogP contribution in [0.3, 0.4) is 0 Å². The maximum Gasteiger partial charge on any atom is 0.254 e. The van der Waals surface area contributed by atoms with Crippen LogP contribution < -0.4 is 15.4 Å². The molecule has 1 aliphatic heterocycles. The zero-order chi connectivity index (χ0) is 20.8. The van der Waals surface area contributed by atoms with Gasteiger partial charge < -0.3 is 20.3 Å². The molecule has 1 aliphatic rings. The molecule has 7 nitrogen and oxygen atoms in total. The summed E-state index contributed by atoms with van der Waals surface area (Å²) in [5.74, 6) is -1.17. The maximum atomic E-state index is 14.0. The number of pyridine rings is 1. The van der Waals surface area contributed by atoms with Crippen molar-refractivity contribution in [3.63, 3.8) is 0 Å². The fraction of sp³-hybridized carbons (Fsp3) is 0.450. The summed E-state index contributed by atoms with van der Waals surface area (Å²) < 4.78 is 19.0. The van der Waals surface area contributed by atoms with E-state index in [2.05, 4.69) is 15.6 Å². The third-order valence-electron chi connectivity index (χ3n) is 4.96. The summed E-state index contributed by atoms with van der Waals surface area (Å²) in [5.41, 5.74) is 0.985. The molecule has 9 heteroatoms. The molecule has 156 valence electrons. The lowest BCUT2D eigenvalue weighted by Crippen LogP contribution is -2.42. The molecule has 1 saturated heterocycles. The maximum absolute atomic E-state index is 14.0. The monoisotopic (exact) mass is 420 g/mol. The zero-order valence-corrected chi connectivity index (χ0v) is 17.3. The second-order valence-corrected chi connectivity index (χ2v) is 8.00. The molecule has 0 spiro atoms. The minimum absolute atomic E-state index is 0.0138. The summed E-state index contributed by atoms with van der Waals surface area (Å²) in [6.45, 7) is 1.72. The predicted molar refractivity (Wildman–Crippen MR) is 108 cm³/mol. The van der Waals surface area contributed by atoms with Gasteiger partial charge in [-0.15, -0.1) is 0 Å². The largest absolute Gasteiger partial charge is 0.481 e. The Kier molecular flexibility index (Phi) is 7.16. The van der Waals surface area contributed by atoms with E-state index in [0.29, 0.717) is 32.5 Å². The van der Waals surface area contributed by atoms with Crippen molar-refractivity contribution >= 4 is 23.2 Å². The number of likely N-dealkylation sites (tertiary alicyclic amines) is 1. The quantitative estimate of drug-likeness (QED) is 0.747. The first-order valence-corrected chi connectivity index (χ1v) is 10.4. The summed E-state index contributed by atoms with van der Waals surface area (Å²) in [6.07, 6.45) is 2.25. The number of likely N-dealkylation sites (N-methyl/N-ethyl adjacent to an activating group) is 1. The first kappa shape index (κ1) is 21.2. The molecule has 1 fully saturated rings. The summed E-state index contributed by atoms with van der Waals surface area (Å²) in [6, 6.07) is 3.09. The number of halogens is 1. The summed E-state index contributed by atoms with van der Waals surface area (Å²) in [4.78, 5) is 30.9. The van der Waals surface area contributed by atoms with Gasteiger partial charge in [0.2, 0.25) is 11.8 Å². The highest BCUT2D eigenvalue weighted by atomic mass is 32.1. The van der Waals surface area contributed by atoms with E-state index in [9.17, 15) is 14.0 Å². The van der Waals surface area contributed by atoms with Gasteiger partial charge in [0.05, 0.1) is 24.8 Å². The zero-order valence-electron chi connectivity index (χ0n) is 16.5. The Labute approximate surface area is 173 Å². The van der Waals surface area contributed by atoms with Crippen LogP contribution in [-0.4, -0.2) is 55.0 Å². The van der Waals surface area contributed by atoms with Crippen LogP contribution in [0.25, 0.3) is 0 Å². The first-order chi connectivity index (χ1) is 14.0. The third kappa shape index (κ3) is 5.74. The number of ether oxygens (including phenoxy) is 1. The van der Waals surface area contributed by atoms with Crippen molar-refractivity contribution in [1.82, 2.24) is 20.5 Å². The lowest BCUT2D eigenvalue weighted by Gasteiger charge is -2.22. The van der Waals surface area contributed by atoms with Gasteiger partial charge in [0.15, 0.2) is 5.82 Å². The summed E-state index contributed by atoms with van der Waals surface area (Å²) >= 11 is 1.60. The van der Waals surface area contributed by atoms with Crippen molar-refractivity contribution in [2.45, 2.75) is 25.4 Å². The van der Waals surface area contributed by atoms with Gasteiger partial charge in [-0.1, -0.05) is 0 Å². The topological polar surface area (TPSA) is 83.6 Å². The van der Waals surface area contributed by atoms with Gasteiger partial charge in [-0.3, -0.25) is 9.59 Å². The minimum Gasteiger partial charge on any atom is -0.481 e. The molecule has 0 aliphatic carbocycles. The van der Waals surface area contributed by atoms with Crippen LogP contribution >= 0.6 is 11.3 Å². The molecule has 2 aromatic heterocycles. The van der Waals surface area contributed by atoms with Crippen LogP contribution in [0.2, 0.25) is 0 Å². The van der Waals surface area contributed by atoms with Crippen LogP contribution in [0.15, 0.2) is 29.1 Å². The molecule has 0 bridgehead atoms. The lowest BCUT2D eigenvalue weighted by atomic mass is 10.0. The Morgan fingerprint density at radius 2 is 2.21 bits per heavy atom. The van der Waals surface area contributed by atoms with E-state index >= 15 is 0 Å². The number of hydrogen-bond acceptors (Lipinski definition) is 6. The van der Waals surface area contributed by atoms with Gasteiger partial charge in [0.1, 0.15) is 0 Å². The van der Waals surface area contributed by atoms with E-state index in [1.54, 1.807) is 11.3 Å². The summed E-state index contributed by atoms with van der Waals surface area (Å²) in [5, 5.41) is 9.86. The van der Waals surface area contributed by atoms with Crippen molar-refractivity contribution < 1.29 is 18.7 Å². The molecule has 0 aromatic carbocycles. The molecule has 3 heterocycles. The number of thiophene rings is 1. The van der Waals surface area contributed by atoms with Gasteiger partial charge in [-0.05, 0) is 42.3 Å². The highest BCUT2D eigenvalue weighted by molar-refractivity contribution is 7.07. The number of carbonyl (C=O) groups excluding carboxylic acids is 2. The van der Waals surface area contributed by atoms with E-state index in [1.807, 2.05) is 28.8 Å². The molecule has 0 unspecified atom stereocenters. The van der Waals surface area contributed by atoms with Crippen LogP contribution in [0, 0.1) is 11.7 Å². The number of rotatable bonds is 6. The lowest BCUT2D eigenvalue weighted by molar-refractivity contribution is -0.125. The number of carbonyl (C=O) groups is 2. The Morgan fingerprint density at radius 1 is 1.38 bits per heavy atom. The number of aromatic nitrogens is 1. The average Bonchev–Trinajstić information content (AvgIpc) is 3.16. The SMILES string of the molecule is COc1cc(C(=O)N[C@H]2CC[C@@H](C(=O)NCc3ccsc3)CN(C)C2)c(F)cn1. The predicted octanol–water partition coefficient (Wildman–Crippen LogP) is 2.05. The smallest absolute Gasteiger partial charge is 0.254 e. The van der Waals surface area contributed by atoms with Gasteiger partial charge in [0.25, 0.3) is 5.91 Å². The second-order valence-electron chi connectivity index (χ2n) is 7.22. The van der Waals surface area contributed by atoms with Crippen molar-refractivity contribution in [3.05, 3.63) is 46.0 Å². The number of nitrogens with zero attached hydrogens (tertiary/aromatic N) is 2. The molecule has 2 amide bonds. The molecule has 2 N–H and O–H groups in total. The number of amides is 2. The molecule has 0 saturated carbocycles. The van der Waals surface area contributed by atoms with Crippen LogP contribution in [0.4, 0.5) is 4.39 Å².